The molecule has 0 spiro atoms. The summed E-state index contributed by atoms with van der Waals surface area (Å²) in [6, 6.07) is 7.53. The number of hydrogen-bond donors (Lipinski definition) is 0. The Kier molecular flexibility index (Phi) is 4.05. The van der Waals surface area contributed by atoms with Crippen LogP contribution in [-0.2, 0) is 0 Å². The van der Waals surface area contributed by atoms with E-state index in [1.165, 1.54) is 19.3 Å². The third-order valence-electron chi connectivity index (χ3n) is 3.79. The second-order valence-corrected chi connectivity index (χ2v) is 6.11. The zero-order valence-electron chi connectivity index (χ0n) is 11.4. The molecule has 2 heterocycles. The minimum atomic E-state index is 0.0549. The number of rotatable bonds is 1. The molecule has 4 nitrogen and oxygen atoms in total. The molecular weight excluding hydrogens is 318 g/mol. The van der Waals surface area contributed by atoms with Gasteiger partial charge in [-0.15, -0.1) is 0 Å². The van der Waals surface area contributed by atoms with E-state index in [0.29, 0.717) is 13.1 Å². The van der Waals surface area contributed by atoms with Crippen LogP contribution in [0.2, 0.25) is 0 Å². The first-order valence-corrected chi connectivity index (χ1v) is 7.92. The lowest BCUT2D eigenvalue weighted by atomic mass is 10.1. The van der Waals surface area contributed by atoms with Crippen molar-refractivity contribution in [1.82, 2.24) is 9.80 Å². The van der Waals surface area contributed by atoms with E-state index in [0.717, 1.165) is 29.1 Å². The van der Waals surface area contributed by atoms with Crippen LogP contribution in [0.3, 0.4) is 0 Å². The van der Waals surface area contributed by atoms with Crippen molar-refractivity contribution >= 4 is 27.8 Å². The molecule has 0 atom stereocenters. The van der Waals surface area contributed by atoms with Gasteiger partial charge in [-0.2, -0.15) is 0 Å². The van der Waals surface area contributed by atoms with E-state index in [9.17, 15) is 4.79 Å². The van der Waals surface area contributed by atoms with Crippen molar-refractivity contribution in [3.8, 4) is 0 Å². The molecule has 0 radical (unpaired) electrons. The number of amides is 1. The molecule has 1 aromatic carbocycles. The van der Waals surface area contributed by atoms with Crippen LogP contribution in [0, 0.1) is 0 Å². The molecule has 0 aliphatic carbocycles. The fourth-order valence-corrected chi connectivity index (χ4v) is 3.00. The van der Waals surface area contributed by atoms with Gasteiger partial charge < -0.3 is 4.90 Å². The third kappa shape index (κ3) is 2.73. The Hall–Kier alpha value is -1.36. The van der Waals surface area contributed by atoms with Crippen molar-refractivity contribution in [2.75, 3.05) is 26.2 Å². The Labute approximate surface area is 127 Å². The largest absolute Gasteiger partial charge is 0.342 e. The molecule has 20 heavy (non-hydrogen) atoms. The molecule has 0 unspecified atom stereocenters. The molecule has 2 aliphatic rings. The van der Waals surface area contributed by atoms with Gasteiger partial charge >= 0.3 is 0 Å². The van der Waals surface area contributed by atoms with Crippen LogP contribution >= 0.6 is 15.9 Å². The van der Waals surface area contributed by atoms with Crippen LogP contribution in [-0.4, -0.2) is 47.8 Å². The van der Waals surface area contributed by atoms with Gasteiger partial charge in [-0.25, -0.2) is 0 Å². The lowest BCUT2D eigenvalue weighted by Gasteiger charge is -2.32. The first kappa shape index (κ1) is 13.6. The van der Waals surface area contributed by atoms with E-state index in [-0.39, 0.29) is 5.91 Å². The lowest BCUT2D eigenvalue weighted by Crippen LogP contribution is -2.46. The van der Waals surface area contributed by atoms with Crippen molar-refractivity contribution in [3.05, 3.63) is 34.3 Å². The highest BCUT2D eigenvalue weighted by Gasteiger charge is 2.29. The van der Waals surface area contributed by atoms with Crippen molar-refractivity contribution < 1.29 is 4.79 Å². The Morgan fingerprint density at radius 3 is 2.45 bits per heavy atom. The van der Waals surface area contributed by atoms with E-state index in [2.05, 4.69) is 25.8 Å². The maximum Gasteiger partial charge on any atom is 0.260 e. The number of halogens is 1. The number of hydrogen-bond acceptors (Lipinski definition) is 3. The van der Waals surface area contributed by atoms with E-state index in [1.54, 1.807) is 0 Å². The number of benzene rings is 1. The van der Waals surface area contributed by atoms with Gasteiger partial charge in [-0.1, -0.05) is 15.9 Å². The van der Waals surface area contributed by atoms with Crippen molar-refractivity contribution in [3.63, 3.8) is 0 Å². The van der Waals surface area contributed by atoms with Gasteiger partial charge in [0.05, 0.1) is 6.54 Å². The van der Waals surface area contributed by atoms with Gasteiger partial charge in [0, 0.05) is 29.7 Å². The number of guanidine groups is 1. The molecule has 1 fully saturated rings. The highest BCUT2D eigenvalue weighted by Crippen LogP contribution is 2.18. The molecule has 1 aromatic rings. The Balaban J connectivity index is 1.77. The number of piperidine rings is 1. The fraction of sp³-hybridized carbons (Fsp3) is 0.467. The van der Waals surface area contributed by atoms with E-state index < -0.39 is 0 Å². The molecule has 2 aliphatic heterocycles. The maximum atomic E-state index is 12.6. The Bertz CT molecular complexity index is 520. The normalized spacial score (nSPS) is 19.1. The van der Waals surface area contributed by atoms with Gasteiger partial charge in [0.25, 0.3) is 5.91 Å². The number of nitrogens with zero attached hydrogens (tertiary/aromatic N) is 3. The zero-order valence-corrected chi connectivity index (χ0v) is 13.0. The van der Waals surface area contributed by atoms with Crippen LogP contribution in [0.4, 0.5) is 0 Å². The molecule has 1 saturated heterocycles. The summed E-state index contributed by atoms with van der Waals surface area (Å²) in [7, 11) is 0. The first-order chi connectivity index (χ1) is 9.75. The minimum Gasteiger partial charge on any atom is -0.342 e. The van der Waals surface area contributed by atoms with Crippen LogP contribution in [0.15, 0.2) is 33.7 Å². The van der Waals surface area contributed by atoms with Gasteiger partial charge in [0.15, 0.2) is 0 Å². The quantitative estimate of drug-likeness (QED) is 0.791. The number of carbonyl (C=O) groups excluding carboxylic acids is 1. The van der Waals surface area contributed by atoms with Crippen molar-refractivity contribution in [2.24, 2.45) is 4.99 Å². The lowest BCUT2D eigenvalue weighted by molar-refractivity contribution is 0.0841. The minimum absolute atomic E-state index is 0.0549. The summed E-state index contributed by atoms with van der Waals surface area (Å²) in [5.74, 6) is 0.928. The summed E-state index contributed by atoms with van der Waals surface area (Å²) < 4.78 is 0.986. The number of carbonyl (C=O) groups is 1. The maximum absolute atomic E-state index is 12.6. The molecule has 0 saturated carbocycles. The summed E-state index contributed by atoms with van der Waals surface area (Å²) in [5, 5.41) is 0. The molecule has 106 valence electrons. The summed E-state index contributed by atoms with van der Waals surface area (Å²) in [4.78, 5) is 21.2. The Morgan fingerprint density at radius 2 is 1.75 bits per heavy atom. The summed E-state index contributed by atoms with van der Waals surface area (Å²) >= 11 is 3.40. The average molecular weight is 336 g/mol. The highest BCUT2D eigenvalue weighted by atomic mass is 79.9. The monoisotopic (exact) mass is 335 g/mol. The number of aliphatic imine (C=N–C) groups is 1. The summed E-state index contributed by atoms with van der Waals surface area (Å²) in [6.07, 6.45) is 3.67. The predicted octanol–water partition coefficient (Wildman–Crippen LogP) is 2.75. The molecule has 3 rings (SSSR count). The Morgan fingerprint density at radius 1 is 1.05 bits per heavy atom. The van der Waals surface area contributed by atoms with Crippen LogP contribution in [0.1, 0.15) is 29.6 Å². The van der Waals surface area contributed by atoms with Crippen molar-refractivity contribution in [2.45, 2.75) is 19.3 Å². The van der Waals surface area contributed by atoms with Crippen LogP contribution in [0.25, 0.3) is 0 Å². The summed E-state index contributed by atoms with van der Waals surface area (Å²) in [6.45, 7) is 3.45. The SMILES string of the molecule is O=C(c1ccc(Br)cc1)N1CCN=C1N1CCCCC1. The average Bonchev–Trinajstić information content (AvgIpc) is 2.97. The first-order valence-electron chi connectivity index (χ1n) is 7.12. The zero-order chi connectivity index (χ0) is 13.9. The van der Waals surface area contributed by atoms with Crippen LogP contribution in [0.5, 0.6) is 0 Å². The van der Waals surface area contributed by atoms with E-state index in [4.69, 9.17) is 0 Å². The smallest absolute Gasteiger partial charge is 0.260 e. The van der Waals surface area contributed by atoms with Gasteiger partial charge in [0.1, 0.15) is 0 Å². The molecule has 5 heteroatoms. The van der Waals surface area contributed by atoms with Gasteiger partial charge in [-0.05, 0) is 43.5 Å². The van der Waals surface area contributed by atoms with Gasteiger partial charge in [-0.3, -0.25) is 14.7 Å². The molecular formula is C15H18BrN3O. The topological polar surface area (TPSA) is 35.9 Å². The highest BCUT2D eigenvalue weighted by molar-refractivity contribution is 9.10. The van der Waals surface area contributed by atoms with E-state index >= 15 is 0 Å². The standard InChI is InChI=1S/C15H18BrN3O/c16-13-6-4-12(5-7-13)14(20)19-11-8-17-15(19)18-9-2-1-3-10-18/h4-7H,1-3,8-11H2. The second kappa shape index (κ2) is 5.95. The van der Waals surface area contributed by atoms with Crippen molar-refractivity contribution in [1.29, 1.82) is 0 Å². The molecule has 0 aromatic heterocycles. The number of likely N-dealkylation sites (tertiary alicyclic amines) is 1. The van der Waals surface area contributed by atoms with E-state index in [1.807, 2.05) is 29.2 Å². The predicted molar refractivity (Wildman–Crippen MR) is 82.9 cm³/mol. The summed E-state index contributed by atoms with van der Waals surface area (Å²) in [5.41, 5.74) is 0.722. The van der Waals surface area contributed by atoms with Gasteiger partial charge in [0.2, 0.25) is 5.96 Å². The molecule has 0 bridgehead atoms. The second-order valence-electron chi connectivity index (χ2n) is 5.19. The fourth-order valence-electron chi connectivity index (χ4n) is 2.74. The molecule has 1 amide bonds. The molecule has 0 N–H and O–H groups in total. The van der Waals surface area contributed by atoms with Crippen LogP contribution < -0.4 is 0 Å². The third-order valence-corrected chi connectivity index (χ3v) is 4.32.